The van der Waals surface area contributed by atoms with Gasteiger partial charge in [0, 0.05) is 25.2 Å². The Labute approximate surface area is 158 Å². The van der Waals surface area contributed by atoms with Gasteiger partial charge in [-0.2, -0.15) is 0 Å². The molecule has 0 fully saturated rings. The summed E-state index contributed by atoms with van der Waals surface area (Å²) < 4.78 is 24.6. The zero-order valence-electron chi connectivity index (χ0n) is 15.6. The highest BCUT2D eigenvalue weighted by Gasteiger charge is 2.17. The maximum absolute atomic E-state index is 14.0. The molecule has 0 bridgehead atoms. The standard InChI is InChI=1S/C20H24FN3O3/c1-23(2)9-10-24(13-16-5-3-4-6-17(16)21)20(25)22-12-15-7-8-18-19(11-15)27-14-26-18/h3-8,11H,9-10,12-14H2,1-2H3,(H,22,25). The number of amides is 2. The minimum atomic E-state index is -0.309. The van der Waals surface area contributed by atoms with Crippen molar-refractivity contribution in [2.45, 2.75) is 13.1 Å². The van der Waals surface area contributed by atoms with Crippen molar-refractivity contribution in [2.24, 2.45) is 0 Å². The van der Waals surface area contributed by atoms with Gasteiger partial charge in [-0.1, -0.05) is 24.3 Å². The van der Waals surface area contributed by atoms with Crippen molar-refractivity contribution in [3.8, 4) is 11.5 Å². The maximum Gasteiger partial charge on any atom is 0.318 e. The molecule has 0 spiro atoms. The van der Waals surface area contributed by atoms with Crippen molar-refractivity contribution in [1.82, 2.24) is 15.1 Å². The van der Waals surface area contributed by atoms with Gasteiger partial charge < -0.3 is 24.6 Å². The SMILES string of the molecule is CN(C)CCN(Cc1ccccc1F)C(=O)NCc1ccc2c(c1)OCO2. The second-order valence-corrected chi connectivity index (χ2v) is 6.66. The summed E-state index contributed by atoms with van der Waals surface area (Å²) in [5.41, 5.74) is 1.40. The lowest BCUT2D eigenvalue weighted by atomic mass is 10.2. The third-order valence-electron chi connectivity index (χ3n) is 4.30. The second-order valence-electron chi connectivity index (χ2n) is 6.66. The van der Waals surface area contributed by atoms with Crippen LogP contribution in [0, 0.1) is 5.82 Å². The van der Waals surface area contributed by atoms with Crippen LogP contribution in [0.15, 0.2) is 42.5 Å². The van der Waals surface area contributed by atoms with Crippen LogP contribution in [0.25, 0.3) is 0 Å². The Kier molecular flexibility index (Phi) is 6.13. The smallest absolute Gasteiger partial charge is 0.318 e. The number of urea groups is 1. The fraction of sp³-hybridized carbons (Fsp3) is 0.350. The van der Waals surface area contributed by atoms with E-state index < -0.39 is 0 Å². The van der Waals surface area contributed by atoms with Crippen molar-refractivity contribution in [1.29, 1.82) is 0 Å². The molecule has 0 saturated heterocycles. The lowest BCUT2D eigenvalue weighted by molar-refractivity contribution is 0.174. The summed E-state index contributed by atoms with van der Waals surface area (Å²) in [4.78, 5) is 16.3. The number of carbonyl (C=O) groups is 1. The van der Waals surface area contributed by atoms with Crippen molar-refractivity contribution >= 4 is 6.03 Å². The molecule has 0 atom stereocenters. The molecule has 1 aliphatic heterocycles. The van der Waals surface area contributed by atoms with Gasteiger partial charge in [0.15, 0.2) is 11.5 Å². The van der Waals surface area contributed by atoms with Gasteiger partial charge in [0.2, 0.25) is 6.79 Å². The number of nitrogens with one attached hydrogen (secondary N) is 1. The summed E-state index contributed by atoms with van der Waals surface area (Å²) >= 11 is 0. The number of nitrogens with zero attached hydrogens (tertiary/aromatic N) is 2. The summed E-state index contributed by atoms with van der Waals surface area (Å²) in [5, 5.41) is 2.90. The second kappa shape index (κ2) is 8.73. The van der Waals surface area contributed by atoms with Gasteiger partial charge in [-0.15, -0.1) is 0 Å². The van der Waals surface area contributed by atoms with E-state index in [0.717, 1.165) is 5.56 Å². The molecule has 0 unspecified atom stereocenters. The largest absolute Gasteiger partial charge is 0.454 e. The number of halogens is 1. The molecule has 1 N–H and O–H groups in total. The van der Waals surface area contributed by atoms with E-state index in [1.165, 1.54) is 6.07 Å². The van der Waals surface area contributed by atoms with Gasteiger partial charge in [-0.25, -0.2) is 9.18 Å². The van der Waals surface area contributed by atoms with Crippen molar-refractivity contribution in [3.05, 3.63) is 59.4 Å². The van der Waals surface area contributed by atoms with Crippen LogP contribution in [0.3, 0.4) is 0 Å². The number of rotatable bonds is 7. The number of ether oxygens (including phenoxy) is 2. The molecule has 3 rings (SSSR count). The molecule has 0 radical (unpaired) electrons. The summed E-state index contributed by atoms with van der Waals surface area (Å²) in [6, 6.07) is 11.8. The molecule has 0 saturated carbocycles. The topological polar surface area (TPSA) is 54.0 Å². The molecule has 1 heterocycles. The molecule has 0 aliphatic carbocycles. The third-order valence-corrected chi connectivity index (χ3v) is 4.30. The molecule has 1 aliphatic rings. The highest BCUT2D eigenvalue weighted by Crippen LogP contribution is 2.32. The first-order valence-corrected chi connectivity index (χ1v) is 8.82. The molecule has 0 aromatic heterocycles. The number of likely N-dealkylation sites (N-methyl/N-ethyl adjacent to an activating group) is 1. The molecular formula is C20H24FN3O3. The molecule has 6 nitrogen and oxygen atoms in total. The number of carbonyl (C=O) groups excluding carboxylic acids is 1. The van der Waals surface area contributed by atoms with E-state index in [1.807, 2.05) is 37.2 Å². The lowest BCUT2D eigenvalue weighted by Crippen LogP contribution is -2.42. The van der Waals surface area contributed by atoms with E-state index in [0.29, 0.717) is 36.7 Å². The van der Waals surface area contributed by atoms with Crippen LogP contribution >= 0.6 is 0 Å². The molecular weight excluding hydrogens is 349 g/mol. The zero-order chi connectivity index (χ0) is 19.2. The highest BCUT2D eigenvalue weighted by atomic mass is 19.1. The van der Waals surface area contributed by atoms with Crippen LogP contribution in [0.2, 0.25) is 0 Å². The van der Waals surface area contributed by atoms with Crippen molar-refractivity contribution < 1.29 is 18.7 Å². The Morgan fingerprint density at radius 1 is 1.11 bits per heavy atom. The predicted molar refractivity (Wildman–Crippen MR) is 100 cm³/mol. The van der Waals surface area contributed by atoms with Crippen molar-refractivity contribution in [3.63, 3.8) is 0 Å². The van der Waals surface area contributed by atoms with Crippen LogP contribution in [-0.4, -0.2) is 49.8 Å². The first-order valence-electron chi connectivity index (χ1n) is 8.82. The Hall–Kier alpha value is -2.80. The number of fused-ring (bicyclic) bond motifs is 1. The van der Waals surface area contributed by atoms with E-state index in [9.17, 15) is 9.18 Å². The minimum Gasteiger partial charge on any atom is -0.454 e. The van der Waals surface area contributed by atoms with Crippen LogP contribution < -0.4 is 14.8 Å². The first-order chi connectivity index (χ1) is 13.0. The minimum absolute atomic E-state index is 0.214. The summed E-state index contributed by atoms with van der Waals surface area (Å²) in [6.45, 7) is 1.96. The molecule has 2 aromatic carbocycles. The quantitative estimate of drug-likeness (QED) is 0.811. The number of benzene rings is 2. The third kappa shape index (κ3) is 5.10. The van der Waals surface area contributed by atoms with E-state index in [2.05, 4.69) is 5.32 Å². The first kappa shape index (κ1) is 19.0. The lowest BCUT2D eigenvalue weighted by Gasteiger charge is -2.25. The molecule has 144 valence electrons. The van der Waals surface area contributed by atoms with Gasteiger partial charge in [0.05, 0.1) is 6.54 Å². The van der Waals surface area contributed by atoms with E-state index in [1.54, 1.807) is 23.1 Å². The van der Waals surface area contributed by atoms with Gasteiger partial charge >= 0.3 is 6.03 Å². The number of hydrogen-bond donors (Lipinski definition) is 1. The van der Waals surface area contributed by atoms with Crippen LogP contribution in [0.5, 0.6) is 11.5 Å². The average molecular weight is 373 g/mol. The maximum atomic E-state index is 14.0. The van der Waals surface area contributed by atoms with Gasteiger partial charge in [-0.3, -0.25) is 0 Å². The van der Waals surface area contributed by atoms with Gasteiger partial charge in [-0.05, 0) is 37.9 Å². The van der Waals surface area contributed by atoms with E-state index >= 15 is 0 Å². The van der Waals surface area contributed by atoms with Crippen LogP contribution in [0.4, 0.5) is 9.18 Å². The Morgan fingerprint density at radius 2 is 1.89 bits per heavy atom. The molecule has 27 heavy (non-hydrogen) atoms. The molecule has 7 heteroatoms. The Bertz CT molecular complexity index is 798. The van der Waals surface area contributed by atoms with E-state index in [-0.39, 0.29) is 25.2 Å². The van der Waals surface area contributed by atoms with Crippen LogP contribution in [-0.2, 0) is 13.1 Å². The Morgan fingerprint density at radius 3 is 2.67 bits per heavy atom. The van der Waals surface area contributed by atoms with E-state index in [4.69, 9.17) is 9.47 Å². The van der Waals surface area contributed by atoms with Crippen molar-refractivity contribution in [2.75, 3.05) is 34.0 Å². The van der Waals surface area contributed by atoms with Gasteiger partial charge in [0.1, 0.15) is 5.82 Å². The zero-order valence-corrected chi connectivity index (χ0v) is 15.6. The fourth-order valence-electron chi connectivity index (χ4n) is 2.75. The normalized spacial score (nSPS) is 12.3. The molecule has 2 amide bonds. The summed E-state index contributed by atoms with van der Waals surface area (Å²) in [7, 11) is 3.87. The summed E-state index contributed by atoms with van der Waals surface area (Å²) in [5.74, 6) is 1.07. The summed E-state index contributed by atoms with van der Waals surface area (Å²) in [6.07, 6.45) is 0. The predicted octanol–water partition coefficient (Wildman–Crippen LogP) is 2.83. The van der Waals surface area contributed by atoms with Gasteiger partial charge in [0.25, 0.3) is 0 Å². The fourth-order valence-corrected chi connectivity index (χ4v) is 2.75. The Balaban J connectivity index is 1.64. The van der Waals surface area contributed by atoms with Crippen LogP contribution in [0.1, 0.15) is 11.1 Å². The molecule has 2 aromatic rings. The highest BCUT2D eigenvalue weighted by molar-refractivity contribution is 5.74. The monoisotopic (exact) mass is 373 g/mol. The number of hydrogen-bond acceptors (Lipinski definition) is 4. The average Bonchev–Trinajstić information content (AvgIpc) is 3.12.